The lowest BCUT2D eigenvalue weighted by molar-refractivity contribution is 0.465. The molecule has 1 aromatic rings. The van der Waals surface area contributed by atoms with Gasteiger partial charge in [-0.2, -0.15) is 0 Å². The quantitative estimate of drug-likeness (QED) is 0.801. The first kappa shape index (κ1) is 16.1. The molecule has 0 unspecified atom stereocenters. The molecule has 108 valence electrons. The molecule has 0 fully saturated rings. The number of nitrogens with one attached hydrogen (secondary N) is 1. The highest BCUT2D eigenvalue weighted by molar-refractivity contribution is 7.88. The summed E-state index contributed by atoms with van der Waals surface area (Å²) in [6.07, 6.45) is 0.679. The molecule has 0 aliphatic heterocycles. The van der Waals surface area contributed by atoms with Crippen LogP contribution in [0.15, 0.2) is 24.3 Å². The highest BCUT2D eigenvalue weighted by Crippen LogP contribution is 2.10. The lowest BCUT2D eigenvalue weighted by Crippen LogP contribution is -2.41. The van der Waals surface area contributed by atoms with Gasteiger partial charge in [0.1, 0.15) is 5.82 Å². The van der Waals surface area contributed by atoms with Gasteiger partial charge >= 0.3 is 0 Å². The molecule has 4 nitrogen and oxygen atoms in total. The largest absolute Gasteiger partial charge is 0.329 e. The maximum Gasteiger partial charge on any atom is 0.216 e. The predicted octanol–water partition coefficient (Wildman–Crippen LogP) is 1.62. The van der Waals surface area contributed by atoms with Crippen molar-refractivity contribution in [2.75, 3.05) is 6.54 Å². The lowest BCUT2D eigenvalue weighted by atomic mass is 10.1. The molecule has 1 rings (SSSR count). The Morgan fingerprint density at radius 2 is 2.05 bits per heavy atom. The van der Waals surface area contributed by atoms with Crippen LogP contribution >= 0.6 is 0 Å². The van der Waals surface area contributed by atoms with E-state index in [1.807, 2.05) is 13.8 Å². The van der Waals surface area contributed by atoms with Gasteiger partial charge in [0.25, 0.3) is 0 Å². The van der Waals surface area contributed by atoms with Crippen LogP contribution in [-0.4, -0.2) is 21.0 Å². The van der Waals surface area contributed by atoms with Crippen LogP contribution < -0.4 is 10.5 Å². The normalized spacial score (nSPS) is 13.7. The molecule has 0 heterocycles. The first-order valence-corrected chi connectivity index (χ1v) is 7.92. The van der Waals surface area contributed by atoms with Gasteiger partial charge in [0.05, 0.1) is 5.75 Å². The Bertz CT molecular complexity index is 503. The maximum absolute atomic E-state index is 13.0. The molecule has 0 saturated heterocycles. The monoisotopic (exact) mass is 288 g/mol. The molecular formula is C13H21FN2O2S. The van der Waals surface area contributed by atoms with Gasteiger partial charge in [-0.1, -0.05) is 26.0 Å². The Kier molecular flexibility index (Phi) is 5.90. The minimum atomic E-state index is -3.50. The average Bonchev–Trinajstić information content (AvgIpc) is 2.26. The second-order valence-electron chi connectivity index (χ2n) is 5.07. The highest BCUT2D eigenvalue weighted by Gasteiger charge is 2.18. The van der Waals surface area contributed by atoms with Crippen LogP contribution in [0.5, 0.6) is 0 Å². The Hall–Kier alpha value is -0.980. The Morgan fingerprint density at radius 3 is 2.58 bits per heavy atom. The van der Waals surface area contributed by atoms with Crippen molar-refractivity contribution in [3.8, 4) is 0 Å². The number of rotatable bonds is 7. The summed E-state index contributed by atoms with van der Waals surface area (Å²) in [5.41, 5.74) is 5.98. The van der Waals surface area contributed by atoms with Gasteiger partial charge in [-0.25, -0.2) is 17.5 Å². The zero-order chi connectivity index (χ0) is 14.5. The van der Waals surface area contributed by atoms with E-state index < -0.39 is 15.8 Å². The minimum absolute atomic E-state index is 0.237. The molecular weight excluding hydrogens is 267 g/mol. The molecule has 6 heteroatoms. The molecule has 0 radical (unpaired) electrons. The summed E-state index contributed by atoms with van der Waals surface area (Å²) in [6, 6.07) is 5.31. The summed E-state index contributed by atoms with van der Waals surface area (Å²) in [5.74, 6) is -0.324. The topological polar surface area (TPSA) is 72.2 Å². The SMILES string of the molecule is CC(C)C[C@@H](CN)NS(=O)(=O)Cc1cccc(F)c1. The second-order valence-corrected chi connectivity index (χ2v) is 6.82. The van der Waals surface area contributed by atoms with Crippen LogP contribution in [0.4, 0.5) is 4.39 Å². The Balaban J connectivity index is 2.70. The van der Waals surface area contributed by atoms with E-state index in [9.17, 15) is 12.8 Å². The van der Waals surface area contributed by atoms with E-state index >= 15 is 0 Å². The smallest absolute Gasteiger partial charge is 0.216 e. The van der Waals surface area contributed by atoms with Crippen LogP contribution in [0, 0.1) is 11.7 Å². The van der Waals surface area contributed by atoms with Gasteiger partial charge < -0.3 is 5.73 Å². The van der Waals surface area contributed by atoms with Crippen molar-refractivity contribution in [1.29, 1.82) is 0 Å². The fourth-order valence-corrected chi connectivity index (χ4v) is 3.31. The zero-order valence-corrected chi connectivity index (χ0v) is 12.1. The third kappa shape index (κ3) is 6.13. The van der Waals surface area contributed by atoms with Crippen LogP contribution in [0.3, 0.4) is 0 Å². The third-order valence-electron chi connectivity index (χ3n) is 2.63. The molecule has 0 saturated carbocycles. The summed E-state index contributed by atoms with van der Waals surface area (Å²) in [4.78, 5) is 0. The minimum Gasteiger partial charge on any atom is -0.329 e. The lowest BCUT2D eigenvalue weighted by Gasteiger charge is -2.18. The van der Waals surface area contributed by atoms with E-state index in [2.05, 4.69) is 4.72 Å². The average molecular weight is 288 g/mol. The Morgan fingerprint density at radius 1 is 1.37 bits per heavy atom. The number of hydrogen-bond acceptors (Lipinski definition) is 3. The van der Waals surface area contributed by atoms with Crippen LogP contribution in [0.1, 0.15) is 25.8 Å². The molecule has 0 amide bonds. The number of nitrogens with two attached hydrogens (primary N) is 1. The molecule has 0 aliphatic carbocycles. The van der Waals surface area contributed by atoms with E-state index in [-0.39, 0.29) is 18.3 Å². The number of hydrogen-bond donors (Lipinski definition) is 2. The number of halogens is 1. The van der Waals surface area contributed by atoms with Gasteiger partial charge in [0.15, 0.2) is 0 Å². The van der Waals surface area contributed by atoms with Crippen molar-refractivity contribution in [2.45, 2.75) is 32.1 Å². The van der Waals surface area contributed by atoms with Crippen LogP contribution in [-0.2, 0) is 15.8 Å². The van der Waals surface area contributed by atoms with E-state index in [0.29, 0.717) is 17.9 Å². The molecule has 0 bridgehead atoms. The second kappa shape index (κ2) is 6.98. The first-order chi connectivity index (χ1) is 8.82. The van der Waals surface area contributed by atoms with Gasteiger partial charge in [-0.05, 0) is 30.0 Å². The molecule has 0 spiro atoms. The highest BCUT2D eigenvalue weighted by atomic mass is 32.2. The van der Waals surface area contributed by atoms with Gasteiger partial charge in [-0.15, -0.1) is 0 Å². The van der Waals surface area contributed by atoms with E-state index in [4.69, 9.17) is 5.73 Å². The standard InChI is InChI=1S/C13H21FN2O2S/c1-10(2)6-13(8-15)16-19(17,18)9-11-4-3-5-12(14)7-11/h3-5,7,10,13,16H,6,8-9,15H2,1-2H3/t13-/m0/s1. The number of sulfonamides is 1. The third-order valence-corrected chi connectivity index (χ3v) is 4.04. The summed E-state index contributed by atoms with van der Waals surface area (Å²) >= 11 is 0. The van der Waals surface area contributed by atoms with Crippen molar-refractivity contribution in [2.24, 2.45) is 11.7 Å². The van der Waals surface area contributed by atoms with E-state index in [0.717, 1.165) is 0 Å². The molecule has 3 N–H and O–H groups in total. The molecule has 0 aliphatic rings. The summed E-state index contributed by atoms with van der Waals surface area (Å²) in [7, 11) is -3.50. The summed E-state index contributed by atoms with van der Waals surface area (Å²) in [6.45, 7) is 4.26. The van der Waals surface area contributed by atoms with Crippen molar-refractivity contribution in [3.05, 3.63) is 35.6 Å². The summed E-state index contributed by atoms with van der Waals surface area (Å²) in [5, 5.41) is 0. The summed E-state index contributed by atoms with van der Waals surface area (Å²) < 4.78 is 39.5. The maximum atomic E-state index is 13.0. The fourth-order valence-electron chi connectivity index (χ4n) is 1.90. The van der Waals surface area contributed by atoms with Crippen LogP contribution in [0.25, 0.3) is 0 Å². The molecule has 0 aromatic heterocycles. The van der Waals surface area contributed by atoms with Crippen molar-refractivity contribution < 1.29 is 12.8 Å². The fraction of sp³-hybridized carbons (Fsp3) is 0.538. The van der Waals surface area contributed by atoms with Gasteiger partial charge in [0.2, 0.25) is 10.0 Å². The molecule has 1 aromatic carbocycles. The first-order valence-electron chi connectivity index (χ1n) is 6.27. The van der Waals surface area contributed by atoms with Crippen molar-refractivity contribution in [1.82, 2.24) is 4.72 Å². The molecule has 1 atom stereocenters. The zero-order valence-electron chi connectivity index (χ0n) is 11.3. The van der Waals surface area contributed by atoms with Crippen molar-refractivity contribution in [3.63, 3.8) is 0 Å². The van der Waals surface area contributed by atoms with E-state index in [1.54, 1.807) is 6.07 Å². The van der Waals surface area contributed by atoms with Gasteiger partial charge in [0, 0.05) is 12.6 Å². The number of benzene rings is 1. The van der Waals surface area contributed by atoms with Crippen molar-refractivity contribution >= 4 is 10.0 Å². The molecule has 19 heavy (non-hydrogen) atoms. The van der Waals surface area contributed by atoms with Crippen LogP contribution in [0.2, 0.25) is 0 Å². The van der Waals surface area contributed by atoms with Gasteiger partial charge in [-0.3, -0.25) is 0 Å². The predicted molar refractivity (Wildman–Crippen MR) is 74.5 cm³/mol. The van der Waals surface area contributed by atoms with E-state index in [1.165, 1.54) is 18.2 Å². The Labute approximate surface area is 114 Å².